The van der Waals surface area contributed by atoms with Gasteiger partial charge in [-0.1, -0.05) is 37.3 Å². The number of ether oxygens (including phenoxy) is 1. The predicted octanol–water partition coefficient (Wildman–Crippen LogP) is 3.56. The highest BCUT2D eigenvalue weighted by Gasteiger charge is 2.07. The molecule has 0 aromatic heterocycles. The smallest absolute Gasteiger partial charge is 0.0800 e. The van der Waals surface area contributed by atoms with Gasteiger partial charge < -0.3 is 4.74 Å². The molecule has 0 aliphatic carbocycles. The van der Waals surface area contributed by atoms with E-state index in [1.165, 1.54) is 5.56 Å². The maximum atomic E-state index is 5.79. The Morgan fingerprint density at radius 3 is 2.31 bits per heavy atom. The van der Waals surface area contributed by atoms with Crippen molar-refractivity contribution in [1.29, 1.82) is 0 Å². The van der Waals surface area contributed by atoms with Crippen molar-refractivity contribution in [3.63, 3.8) is 0 Å². The van der Waals surface area contributed by atoms with Gasteiger partial charge in [-0.3, -0.25) is 0 Å². The van der Waals surface area contributed by atoms with Gasteiger partial charge in [-0.2, -0.15) is 0 Å². The van der Waals surface area contributed by atoms with Gasteiger partial charge in [-0.15, -0.1) is 0 Å². The zero-order chi connectivity index (χ0) is 9.68. The summed E-state index contributed by atoms with van der Waals surface area (Å²) in [5.41, 5.74) is 1.25. The maximum absolute atomic E-state index is 5.79. The van der Waals surface area contributed by atoms with Gasteiger partial charge in [0, 0.05) is 0 Å². The van der Waals surface area contributed by atoms with E-state index < -0.39 is 0 Å². The van der Waals surface area contributed by atoms with E-state index in [4.69, 9.17) is 4.74 Å². The lowest BCUT2D eigenvalue weighted by Crippen LogP contribution is -2.10. The van der Waals surface area contributed by atoms with Gasteiger partial charge in [0.2, 0.25) is 0 Å². The van der Waals surface area contributed by atoms with E-state index >= 15 is 0 Å². The number of rotatable bonds is 4. The Balaban J connectivity index is 2.53. The number of hydrogen-bond acceptors (Lipinski definition) is 1. The Kier molecular flexibility index (Phi) is 3.97. The van der Waals surface area contributed by atoms with Crippen LogP contribution in [0.2, 0.25) is 0 Å². The van der Waals surface area contributed by atoms with Crippen molar-refractivity contribution in [2.75, 3.05) is 0 Å². The van der Waals surface area contributed by atoms with Crippen molar-refractivity contribution in [1.82, 2.24) is 0 Å². The van der Waals surface area contributed by atoms with Crippen molar-refractivity contribution in [3.05, 3.63) is 35.9 Å². The molecule has 13 heavy (non-hydrogen) atoms. The van der Waals surface area contributed by atoms with Crippen LogP contribution in [0.15, 0.2) is 30.3 Å². The summed E-state index contributed by atoms with van der Waals surface area (Å²) in [7, 11) is 0. The van der Waals surface area contributed by atoms with E-state index in [9.17, 15) is 0 Å². The van der Waals surface area contributed by atoms with Crippen molar-refractivity contribution in [2.45, 2.75) is 39.4 Å². The summed E-state index contributed by atoms with van der Waals surface area (Å²) in [6.45, 7) is 6.35. The average molecular weight is 178 g/mol. The Morgan fingerprint density at radius 1 is 1.15 bits per heavy atom. The topological polar surface area (TPSA) is 9.23 Å². The lowest BCUT2D eigenvalue weighted by Gasteiger charge is -2.18. The fourth-order valence-electron chi connectivity index (χ4n) is 1.25. The van der Waals surface area contributed by atoms with Crippen LogP contribution in [-0.4, -0.2) is 6.10 Å². The Morgan fingerprint density at radius 2 is 1.77 bits per heavy atom. The van der Waals surface area contributed by atoms with E-state index in [2.05, 4.69) is 32.9 Å². The standard InChI is InChI=1S/C12H18O/c1-4-10(2)13-11(3)12-8-6-5-7-9-12/h5-11H,4H2,1-3H3/t10-,11-/m0/s1. The Bertz CT molecular complexity index is 230. The molecule has 0 bridgehead atoms. The predicted molar refractivity (Wildman–Crippen MR) is 55.7 cm³/mol. The van der Waals surface area contributed by atoms with Crippen LogP contribution >= 0.6 is 0 Å². The molecule has 0 spiro atoms. The summed E-state index contributed by atoms with van der Waals surface area (Å²) in [6.07, 6.45) is 1.61. The summed E-state index contributed by atoms with van der Waals surface area (Å²) in [5, 5.41) is 0. The van der Waals surface area contributed by atoms with Crippen LogP contribution in [0.25, 0.3) is 0 Å². The quantitative estimate of drug-likeness (QED) is 0.685. The minimum atomic E-state index is 0.205. The zero-order valence-corrected chi connectivity index (χ0v) is 8.66. The molecular formula is C12H18O. The van der Waals surface area contributed by atoms with Crippen LogP contribution in [0.3, 0.4) is 0 Å². The van der Waals surface area contributed by atoms with Gasteiger partial charge in [0.25, 0.3) is 0 Å². The molecule has 2 atom stereocenters. The highest BCUT2D eigenvalue weighted by Crippen LogP contribution is 2.18. The first kappa shape index (κ1) is 10.3. The van der Waals surface area contributed by atoms with Gasteiger partial charge in [0.1, 0.15) is 0 Å². The minimum Gasteiger partial charge on any atom is -0.371 e. The van der Waals surface area contributed by atoms with Crippen LogP contribution < -0.4 is 0 Å². The molecule has 0 heterocycles. The van der Waals surface area contributed by atoms with Gasteiger partial charge in [0.05, 0.1) is 12.2 Å². The molecule has 0 saturated heterocycles. The molecule has 1 heteroatoms. The van der Waals surface area contributed by atoms with Gasteiger partial charge in [0.15, 0.2) is 0 Å². The second kappa shape index (κ2) is 5.03. The molecule has 0 aliphatic heterocycles. The summed E-state index contributed by atoms with van der Waals surface area (Å²) < 4.78 is 5.79. The SMILES string of the molecule is CC[C@H](C)O[C@@H](C)c1ccccc1. The van der Waals surface area contributed by atoms with Crippen molar-refractivity contribution in [3.8, 4) is 0 Å². The third-order valence-corrected chi connectivity index (χ3v) is 2.28. The van der Waals surface area contributed by atoms with Gasteiger partial charge in [-0.25, -0.2) is 0 Å². The largest absolute Gasteiger partial charge is 0.371 e. The normalized spacial score (nSPS) is 15.3. The maximum Gasteiger partial charge on any atom is 0.0800 e. The zero-order valence-electron chi connectivity index (χ0n) is 8.66. The fourth-order valence-corrected chi connectivity index (χ4v) is 1.25. The third-order valence-electron chi connectivity index (χ3n) is 2.28. The molecule has 0 radical (unpaired) electrons. The second-order valence-electron chi connectivity index (χ2n) is 3.41. The molecule has 0 amide bonds. The molecule has 1 nitrogen and oxygen atoms in total. The van der Waals surface area contributed by atoms with Crippen LogP contribution in [0, 0.1) is 0 Å². The monoisotopic (exact) mass is 178 g/mol. The second-order valence-corrected chi connectivity index (χ2v) is 3.41. The van der Waals surface area contributed by atoms with Crippen LogP contribution in [-0.2, 0) is 4.74 Å². The molecule has 1 aromatic rings. The molecular weight excluding hydrogens is 160 g/mol. The van der Waals surface area contributed by atoms with E-state index in [0.29, 0.717) is 6.10 Å². The molecule has 72 valence electrons. The fraction of sp³-hybridized carbons (Fsp3) is 0.500. The lowest BCUT2D eigenvalue weighted by molar-refractivity contribution is 0.00548. The minimum absolute atomic E-state index is 0.205. The third kappa shape index (κ3) is 3.19. The molecule has 0 unspecified atom stereocenters. The molecule has 0 saturated carbocycles. The molecule has 0 fully saturated rings. The lowest BCUT2D eigenvalue weighted by atomic mass is 10.1. The molecule has 0 N–H and O–H groups in total. The number of benzene rings is 1. The summed E-state index contributed by atoms with van der Waals surface area (Å²) in [4.78, 5) is 0. The van der Waals surface area contributed by atoms with Crippen LogP contribution in [0.4, 0.5) is 0 Å². The molecule has 1 aromatic carbocycles. The van der Waals surface area contributed by atoms with Crippen molar-refractivity contribution < 1.29 is 4.74 Å². The van der Waals surface area contributed by atoms with Crippen molar-refractivity contribution in [2.24, 2.45) is 0 Å². The Labute approximate surface area is 80.7 Å². The van der Waals surface area contributed by atoms with Gasteiger partial charge >= 0.3 is 0 Å². The van der Waals surface area contributed by atoms with E-state index in [0.717, 1.165) is 6.42 Å². The molecule has 1 rings (SSSR count). The van der Waals surface area contributed by atoms with Gasteiger partial charge in [-0.05, 0) is 25.8 Å². The van der Waals surface area contributed by atoms with Crippen molar-refractivity contribution >= 4 is 0 Å². The van der Waals surface area contributed by atoms with Crippen LogP contribution in [0.1, 0.15) is 38.9 Å². The first-order valence-corrected chi connectivity index (χ1v) is 4.94. The average Bonchev–Trinajstić information content (AvgIpc) is 2.19. The Hall–Kier alpha value is -0.820. The van der Waals surface area contributed by atoms with Crippen LogP contribution in [0.5, 0.6) is 0 Å². The first-order valence-electron chi connectivity index (χ1n) is 4.94. The highest BCUT2D eigenvalue weighted by molar-refractivity contribution is 5.16. The summed E-state index contributed by atoms with van der Waals surface area (Å²) >= 11 is 0. The first-order chi connectivity index (χ1) is 6.24. The van der Waals surface area contributed by atoms with E-state index in [-0.39, 0.29) is 6.10 Å². The number of hydrogen-bond donors (Lipinski definition) is 0. The summed E-state index contributed by atoms with van der Waals surface area (Å²) in [5.74, 6) is 0. The summed E-state index contributed by atoms with van der Waals surface area (Å²) in [6, 6.07) is 10.3. The van der Waals surface area contributed by atoms with E-state index in [1.807, 2.05) is 18.2 Å². The highest BCUT2D eigenvalue weighted by atomic mass is 16.5. The van der Waals surface area contributed by atoms with E-state index in [1.54, 1.807) is 0 Å². The molecule has 0 aliphatic rings.